The Labute approximate surface area is 167 Å². The number of benzene rings is 3. The first kappa shape index (κ1) is 17.8. The Hall–Kier alpha value is -3.26. The number of carbonyl (C=O) groups is 1. The Morgan fingerprint density at radius 3 is 2.62 bits per heavy atom. The van der Waals surface area contributed by atoms with E-state index in [1.165, 1.54) is 0 Å². The van der Waals surface area contributed by atoms with E-state index in [2.05, 4.69) is 5.32 Å². The lowest BCUT2D eigenvalue weighted by Crippen LogP contribution is -2.45. The van der Waals surface area contributed by atoms with Gasteiger partial charge in [0.2, 0.25) is 5.91 Å². The van der Waals surface area contributed by atoms with Crippen LogP contribution < -0.4 is 19.1 Å². The van der Waals surface area contributed by atoms with Crippen LogP contribution in [-0.2, 0) is 14.8 Å². The summed E-state index contributed by atoms with van der Waals surface area (Å²) in [6.45, 7) is 0.239. The SMILES string of the molecule is O=C(CN1c2cccc3cccc(c23)S1(=O)=O)NC[C@@H]1COc2ccccc2O1. The third-order valence-electron chi connectivity index (χ3n) is 5.06. The number of rotatable bonds is 4. The van der Waals surface area contributed by atoms with Crippen LogP contribution in [0.4, 0.5) is 5.69 Å². The highest BCUT2D eigenvalue weighted by Crippen LogP contribution is 2.41. The van der Waals surface area contributed by atoms with Crippen molar-refractivity contribution in [3.05, 3.63) is 60.7 Å². The van der Waals surface area contributed by atoms with Gasteiger partial charge >= 0.3 is 0 Å². The van der Waals surface area contributed by atoms with Gasteiger partial charge in [0.25, 0.3) is 10.0 Å². The van der Waals surface area contributed by atoms with E-state index in [4.69, 9.17) is 9.47 Å². The summed E-state index contributed by atoms with van der Waals surface area (Å²) < 4.78 is 38.5. The fourth-order valence-electron chi connectivity index (χ4n) is 3.71. The van der Waals surface area contributed by atoms with Gasteiger partial charge in [0.1, 0.15) is 19.3 Å². The van der Waals surface area contributed by atoms with Crippen molar-refractivity contribution in [2.24, 2.45) is 0 Å². The largest absolute Gasteiger partial charge is 0.486 e. The molecule has 0 saturated heterocycles. The van der Waals surface area contributed by atoms with Crippen LogP contribution in [0.2, 0.25) is 0 Å². The minimum absolute atomic E-state index is 0.220. The number of anilines is 1. The molecule has 0 spiro atoms. The summed E-state index contributed by atoms with van der Waals surface area (Å²) in [4.78, 5) is 12.8. The van der Waals surface area contributed by atoms with E-state index in [1.807, 2.05) is 30.3 Å². The van der Waals surface area contributed by atoms with E-state index in [0.29, 0.717) is 29.2 Å². The van der Waals surface area contributed by atoms with E-state index in [1.54, 1.807) is 30.3 Å². The highest BCUT2D eigenvalue weighted by molar-refractivity contribution is 7.93. The quantitative estimate of drug-likeness (QED) is 0.714. The van der Waals surface area contributed by atoms with Crippen molar-refractivity contribution in [3.63, 3.8) is 0 Å². The second kappa shape index (κ2) is 6.66. The van der Waals surface area contributed by atoms with Crippen LogP contribution in [0.1, 0.15) is 0 Å². The predicted molar refractivity (Wildman–Crippen MR) is 108 cm³/mol. The Morgan fingerprint density at radius 1 is 1.03 bits per heavy atom. The first-order valence-electron chi connectivity index (χ1n) is 9.24. The molecule has 3 aromatic rings. The summed E-state index contributed by atoms with van der Waals surface area (Å²) in [6.07, 6.45) is -0.343. The zero-order valence-electron chi connectivity index (χ0n) is 15.4. The monoisotopic (exact) mass is 410 g/mol. The van der Waals surface area contributed by atoms with Gasteiger partial charge in [-0.2, -0.15) is 0 Å². The van der Waals surface area contributed by atoms with Crippen LogP contribution in [0.5, 0.6) is 11.5 Å². The van der Waals surface area contributed by atoms with E-state index >= 15 is 0 Å². The molecular formula is C21H18N2O5S. The molecule has 148 valence electrons. The van der Waals surface area contributed by atoms with Crippen molar-refractivity contribution in [1.29, 1.82) is 0 Å². The molecule has 0 fully saturated rings. The van der Waals surface area contributed by atoms with E-state index < -0.39 is 15.9 Å². The second-order valence-corrected chi connectivity index (χ2v) is 8.78. The van der Waals surface area contributed by atoms with Crippen LogP contribution in [-0.4, -0.2) is 40.1 Å². The van der Waals surface area contributed by atoms with Crippen LogP contribution >= 0.6 is 0 Å². The fraction of sp³-hybridized carbons (Fsp3) is 0.190. The Kier molecular flexibility index (Phi) is 4.09. The summed E-state index contributed by atoms with van der Waals surface area (Å²) in [5.41, 5.74) is 0.527. The van der Waals surface area contributed by atoms with Gasteiger partial charge in [0.15, 0.2) is 11.5 Å². The molecule has 1 atom stereocenters. The first-order valence-corrected chi connectivity index (χ1v) is 10.7. The van der Waals surface area contributed by atoms with Crippen molar-refractivity contribution in [3.8, 4) is 11.5 Å². The number of para-hydroxylation sites is 2. The van der Waals surface area contributed by atoms with Gasteiger partial charge in [0.05, 0.1) is 17.1 Å². The zero-order chi connectivity index (χ0) is 20.0. The molecule has 2 aliphatic rings. The highest BCUT2D eigenvalue weighted by atomic mass is 32.2. The molecule has 1 N–H and O–H groups in total. The topological polar surface area (TPSA) is 84.9 Å². The van der Waals surface area contributed by atoms with Crippen LogP contribution in [0.3, 0.4) is 0 Å². The van der Waals surface area contributed by atoms with Crippen molar-refractivity contribution in [2.45, 2.75) is 11.0 Å². The van der Waals surface area contributed by atoms with Gasteiger partial charge in [0, 0.05) is 5.39 Å². The number of fused-ring (bicyclic) bond motifs is 1. The molecule has 8 heteroatoms. The molecule has 2 heterocycles. The number of amides is 1. The van der Waals surface area contributed by atoms with Crippen molar-refractivity contribution in [2.75, 3.05) is 24.0 Å². The molecule has 0 aliphatic carbocycles. The number of nitrogens with one attached hydrogen (secondary N) is 1. The molecule has 0 aromatic heterocycles. The smallest absolute Gasteiger partial charge is 0.265 e. The van der Waals surface area contributed by atoms with E-state index in [-0.39, 0.29) is 24.1 Å². The average Bonchev–Trinajstić information content (AvgIpc) is 2.95. The Morgan fingerprint density at radius 2 is 1.79 bits per heavy atom. The summed E-state index contributed by atoms with van der Waals surface area (Å²) in [6, 6.07) is 17.8. The number of sulfonamides is 1. The standard InChI is InChI=1S/C21H18N2O5S/c24-20(22-11-15-13-27-17-8-1-2-9-18(17)28-15)12-23-16-7-3-5-14-6-4-10-19(21(14)16)29(23,25)26/h1-10,15H,11-13H2,(H,22,24)/t15-/m1/s1. The molecular weight excluding hydrogens is 392 g/mol. The summed E-state index contributed by atoms with van der Waals surface area (Å²) in [5, 5.41) is 4.24. The highest BCUT2D eigenvalue weighted by Gasteiger charge is 2.36. The minimum Gasteiger partial charge on any atom is -0.486 e. The van der Waals surface area contributed by atoms with Gasteiger partial charge in [-0.05, 0) is 29.7 Å². The van der Waals surface area contributed by atoms with Gasteiger partial charge in [-0.15, -0.1) is 0 Å². The average molecular weight is 410 g/mol. The third kappa shape index (κ3) is 2.96. The van der Waals surface area contributed by atoms with Crippen LogP contribution in [0, 0.1) is 0 Å². The van der Waals surface area contributed by atoms with E-state index in [9.17, 15) is 13.2 Å². The summed E-state index contributed by atoms with van der Waals surface area (Å²) in [5.74, 6) is 0.896. The van der Waals surface area contributed by atoms with Gasteiger partial charge in [-0.1, -0.05) is 36.4 Å². The number of hydrogen-bond donors (Lipinski definition) is 1. The van der Waals surface area contributed by atoms with Crippen molar-refractivity contribution < 1.29 is 22.7 Å². The maximum absolute atomic E-state index is 12.9. The summed E-state index contributed by atoms with van der Waals surface area (Å²) >= 11 is 0. The van der Waals surface area contributed by atoms with Gasteiger partial charge < -0.3 is 14.8 Å². The molecule has 0 saturated carbocycles. The Balaban J connectivity index is 1.29. The number of ether oxygens (including phenoxy) is 2. The van der Waals surface area contributed by atoms with Gasteiger partial charge in [-0.3, -0.25) is 9.10 Å². The molecule has 2 aliphatic heterocycles. The molecule has 0 bridgehead atoms. The molecule has 1 amide bonds. The molecule has 0 unspecified atom stereocenters. The minimum atomic E-state index is -3.76. The molecule has 29 heavy (non-hydrogen) atoms. The van der Waals surface area contributed by atoms with Crippen molar-refractivity contribution in [1.82, 2.24) is 5.32 Å². The number of hydrogen-bond acceptors (Lipinski definition) is 5. The maximum atomic E-state index is 12.9. The van der Waals surface area contributed by atoms with Crippen molar-refractivity contribution >= 4 is 32.4 Å². The fourth-order valence-corrected chi connectivity index (χ4v) is 5.37. The number of nitrogens with zero attached hydrogens (tertiary/aromatic N) is 1. The molecule has 5 rings (SSSR count). The lowest BCUT2D eigenvalue weighted by molar-refractivity contribution is -0.120. The van der Waals surface area contributed by atoms with Crippen LogP contribution in [0.15, 0.2) is 65.6 Å². The first-order chi connectivity index (χ1) is 14.0. The number of carbonyl (C=O) groups excluding carboxylic acids is 1. The predicted octanol–water partition coefficient (Wildman–Crippen LogP) is 2.30. The van der Waals surface area contributed by atoms with E-state index in [0.717, 1.165) is 9.69 Å². The van der Waals surface area contributed by atoms with Crippen LogP contribution in [0.25, 0.3) is 10.8 Å². The zero-order valence-corrected chi connectivity index (χ0v) is 16.2. The normalized spacial score (nSPS) is 18.6. The molecule has 3 aromatic carbocycles. The molecule has 0 radical (unpaired) electrons. The maximum Gasteiger partial charge on any atom is 0.265 e. The lowest BCUT2D eigenvalue weighted by Gasteiger charge is -2.27. The summed E-state index contributed by atoms with van der Waals surface area (Å²) in [7, 11) is -3.76. The lowest BCUT2D eigenvalue weighted by atomic mass is 10.1. The van der Waals surface area contributed by atoms with Gasteiger partial charge in [-0.25, -0.2) is 8.42 Å². The molecule has 7 nitrogen and oxygen atoms in total. The Bertz CT molecular complexity index is 1220. The third-order valence-corrected chi connectivity index (χ3v) is 6.86. The second-order valence-electron chi connectivity index (χ2n) is 6.94.